The second-order valence-corrected chi connectivity index (χ2v) is 4.94. The zero-order chi connectivity index (χ0) is 14.5. The van der Waals surface area contributed by atoms with E-state index in [0.717, 1.165) is 34.3 Å². The molecular weight excluding hydrogens is 272 g/mol. The summed E-state index contributed by atoms with van der Waals surface area (Å²) in [5.41, 5.74) is 3.23. The Morgan fingerprint density at radius 3 is 2.65 bits per heavy atom. The van der Waals surface area contributed by atoms with Gasteiger partial charge in [-0.25, -0.2) is 0 Å². The quantitative estimate of drug-likeness (QED) is 0.905. The smallest absolute Gasteiger partial charge is 0.120 e. The maximum absolute atomic E-state index is 6.31. The Bertz CT molecular complexity index is 586. The van der Waals surface area contributed by atoms with Crippen molar-refractivity contribution in [3.8, 4) is 5.75 Å². The fourth-order valence-corrected chi connectivity index (χ4v) is 2.41. The van der Waals surface area contributed by atoms with Crippen molar-refractivity contribution in [3.05, 3.63) is 53.1 Å². The first kappa shape index (κ1) is 14.7. The lowest BCUT2D eigenvalue weighted by atomic mass is 10.1. The van der Waals surface area contributed by atoms with Gasteiger partial charge in [-0.2, -0.15) is 0 Å². The molecule has 2 aromatic rings. The summed E-state index contributed by atoms with van der Waals surface area (Å²) in [6, 6.07) is 13.9. The zero-order valence-corrected chi connectivity index (χ0v) is 12.7. The molecule has 0 atom stereocenters. The lowest BCUT2D eigenvalue weighted by Gasteiger charge is -2.23. The summed E-state index contributed by atoms with van der Waals surface area (Å²) < 4.78 is 5.28. The van der Waals surface area contributed by atoms with Gasteiger partial charge in [0.2, 0.25) is 0 Å². The van der Waals surface area contributed by atoms with E-state index in [1.165, 1.54) is 0 Å². The third-order valence-corrected chi connectivity index (χ3v) is 3.60. The van der Waals surface area contributed by atoms with Crippen LogP contribution in [0.2, 0.25) is 5.02 Å². The number of nitrogens with zero attached hydrogens (tertiary/aromatic N) is 1. The van der Waals surface area contributed by atoms with Gasteiger partial charge in [-0.1, -0.05) is 23.7 Å². The first-order valence-corrected chi connectivity index (χ1v) is 6.85. The number of methoxy groups -OCH3 is 1. The van der Waals surface area contributed by atoms with Crippen LogP contribution in [0.25, 0.3) is 0 Å². The van der Waals surface area contributed by atoms with Gasteiger partial charge in [-0.05, 0) is 31.3 Å². The summed E-state index contributed by atoms with van der Waals surface area (Å²) in [7, 11) is 5.61. The van der Waals surface area contributed by atoms with E-state index < -0.39 is 0 Å². The Morgan fingerprint density at radius 1 is 1.20 bits per heavy atom. The number of benzene rings is 2. The van der Waals surface area contributed by atoms with E-state index in [1.807, 2.05) is 50.5 Å². The van der Waals surface area contributed by atoms with Crippen molar-refractivity contribution in [1.82, 2.24) is 5.32 Å². The highest BCUT2D eigenvalue weighted by Crippen LogP contribution is 2.32. The van der Waals surface area contributed by atoms with Crippen molar-refractivity contribution in [1.29, 1.82) is 0 Å². The van der Waals surface area contributed by atoms with Gasteiger partial charge in [0.1, 0.15) is 5.75 Å². The minimum atomic E-state index is 0.726. The Kier molecular flexibility index (Phi) is 4.88. The van der Waals surface area contributed by atoms with Crippen LogP contribution in [0.3, 0.4) is 0 Å². The molecule has 0 aliphatic rings. The summed E-state index contributed by atoms with van der Waals surface area (Å²) in [5.74, 6) is 0.839. The highest BCUT2D eigenvalue weighted by Gasteiger charge is 2.12. The predicted molar refractivity (Wildman–Crippen MR) is 85.3 cm³/mol. The van der Waals surface area contributed by atoms with E-state index in [4.69, 9.17) is 16.3 Å². The molecule has 1 N–H and O–H groups in total. The highest BCUT2D eigenvalue weighted by atomic mass is 35.5. The molecule has 0 amide bonds. The molecule has 0 bridgehead atoms. The van der Waals surface area contributed by atoms with Crippen molar-refractivity contribution < 1.29 is 4.74 Å². The maximum Gasteiger partial charge on any atom is 0.120 e. The summed E-state index contributed by atoms with van der Waals surface area (Å²) >= 11 is 6.31. The molecule has 0 saturated carbocycles. The summed E-state index contributed by atoms with van der Waals surface area (Å²) in [6.07, 6.45) is 0. The molecule has 0 aliphatic carbocycles. The van der Waals surface area contributed by atoms with Crippen LogP contribution in [0.15, 0.2) is 42.5 Å². The van der Waals surface area contributed by atoms with Gasteiger partial charge in [-0.3, -0.25) is 0 Å². The molecule has 20 heavy (non-hydrogen) atoms. The van der Waals surface area contributed by atoms with Crippen molar-refractivity contribution in [2.75, 3.05) is 26.1 Å². The van der Waals surface area contributed by atoms with Crippen molar-refractivity contribution in [2.24, 2.45) is 0 Å². The lowest BCUT2D eigenvalue weighted by Crippen LogP contribution is -2.15. The van der Waals surface area contributed by atoms with Gasteiger partial charge in [0, 0.05) is 41.6 Å². The molecule has 0 saturated heterocycles. The predicted octanol–water partition coefficient (Wildman–Crippen LogP) is 3.84. The largest absolute Gasteiger partial charge is 0.497 e. The monoisotopic (exact) mass is 290 g/mol. The van der Waals surface area contributed by atoms with Gasteiger partial charge >= 0.3 is 0 Å². The molecule has 0 aliphatic heterocycles. The van der Waals surface area contributed by atoms with Crippen LogP contribution in [0.5, 0.6) is 5.75 Å². The SMILES string of the molecule is CNCc1c(Cl)cccc1N(C)c1cccc(OC)c1. The van der Waals surface area contributed by atoms with E-state index in [9.17, 15) is 0 Å². The minimum absolute atomic E-state index is 0.726. The average molecular weight is 291 g/mol. The van der Waals surface area contributed by atoms with Crippen molar-refractivity contribution in [2.45, 2.75) is 6.54 Å². The van der Waals surface area contributed by atoms with Crippen LogP contribution in [0.4, 0.5) is 11.4 Å². The van der Waals surface area contributed by atoms with Crippen LogP contribution in [0.1, 0.15) is 5.56 Å². The summed E-state index contributed by atoms with van der Waals surface area (Å²) in [6.45, 7) is 0.726. The van der Waals surface area contributed by atoms with E-state index in [2.05, 4.69) is 16.3 Å². The van der Waals surface area contributed by atoms with Gasteiger partial charge in [-0.15, -0.1) is 0 Å². The van der Waals surface area contributed by atoms with Crippen LogP contribution < -0.4 is 15.0 Å². The maximum atomic E-state index is 6.31. The standard InChI is InChI=1S/C16H19ClN2O/c1-18-11-14-15(17)8-5-9-16(14)19(2)12-6-4-7-13(10-12)20-3/h4-10,18H,11H2,1-3H3. The number of rotatable bonds is 5. The third kappa shape index (κ3) is 3.06. The molecule has 106 valence electrons. The Morgan fingerprint density at radius 2 is 1.95 bits per heavy atom. The molecule has 3 nitrogen and oxygen atoms in total. The minimum Gasteiger partial charge on any atom is -0.497 e. The summed E-state index contributed by atoms with van der Waals surface area (Å²) in [5, 5.41) is 3.93. The van der Waals surface area contributed by atoms with Crippen LogP contribution in [-0.4, -0.2) is 21.2 Å². The van der Waals surface area contributed by atoms with E-state index >= 15 is 0 Å². The Labute approximate surface area is 125 Å². The van der Waals surface area contributed by atoms with Crippen molar-refractivity contribution >= 4 is 23.0 Å². The highest BCUT2D eigenvalue weighted by molar-refractivity contribution is 6.31. The Hall–Kier alpha value is -1.71. The summed E-state index contributed by atoms with van der Waals surface area (Å²) in [4.78, 5) is 2.11. The molecule has 4 heteroatoms. The van der Waals surface area contributed by atoms with Crippen LogP contribution in [0, 0.1) is 0 Å². The van der Waals surface area contributed by atoms with Gasteiger partial charge in [0.25, 0.3) is 0 Å². The number of hydrogen-bond donors (Lipinski definition) is 1. The molecule has 2 rings (SSSR count). The average Bonchev–Trinajstić information content (AvgIpc) is 2.49. The number of hydrogen-bond acceptors (Lipinski definition) is 3. The molecule has 0 unspecified atom stereocenters. The number of anilines is 2. The number of ether oxygens (including phenoxy) is 1. The van der Waals surface area contributed by atoms with Gasteiger partial charge < -0.3 is 15.0 Å². The van der Waals surface area contributed by atoms with Gasteiger partial charge in [0.05, 0.1) is 7.11 Å². The number of nitrogens with one attached hydrogen (secondary N) is 1. The Balaban J connectivity index is 2.42. The number of halogens is 1. The molecule has 2 aromatic carbocycles. The first-order valence-electron chi connectivity index (χ1n) is 6.47. The van der Waals surface area contributed by atoms with Crippen molar-refractivity contribution in [3.63, 3.8) is 0 Å². The van der Waals surface area contributed by atoms with E-state index in [0.29, 0.717) is 0 Å². The van der Waals surface area contributed by atoms with Gasteiger partial charge in [0.15, 0.2) is 0 Å². The molecule has 0 heterocycles. The molecule has 0 spiro atoms. The zero-order valence-electron chi connectivity index (χ0n) is 12.0. The second kappa shape index (κ2) is 6.64. The fraction of sp³-hybridized carbons (Fsp3) is 0.250. The molecule has 0 radical (unpaired) electrons. The van der Waals surface area contributed by atoms with Crippen LogP contribution >= 0.6 is 11.6 Å². The first-order chi connectivity index (χ1) is 9.67. The van der Waals surface area contributed by atoms with Crippen LogP contribution in [-0.2, 0) is 6.54 Å². The van der Waals surface area contributed by atoms with E-state index in [-0.39, 0.29) is 0 Å². The third-order valence-electron chi connectivity index (χ3n) is 3.25. The fourth-order valence-electron chi connectivity index (χ4n) is 2.17. The van der Waals surface area contributed by atoms with E-state index in [1.54, 1.807) is 7.11 Å². The molecule has 0 aromatic heterocycles. The topological polar surface area (TPSA) is 24.5 Å². The normalized spacial score (nSPS) is 10.4. The molecular formula is C16H19ClN2O. The second-order valence-electron chi connectivity index (χ2n) is 4.53. The molecule has 0 fully saturated rings. The lowest BCUT2D eigenvalue weighted by molar-refractivity contribution is 0.415.